The maximum absolute atomic E-state index is 11.9. The second kappa shape index (κ2) is 5.20. The van der Waals surface area contributed by atoms with E-state index >= 15 is 0 Å². The van der Waals surface area contributed by atoms with Crippen LogP contribution in [0.2, 0.25) is 0 Å². The molecule has 1 atom stereocenters. The summed E-state index contributed by atoms with van der Waals surface area (Å²) in [7, 11) is 0. The molecular formula is C10H13F3N2O2. The molecule has 0 aromatic heterocycles. The molecule has 0 aromatic rings. The van der Waals surface area contributed by atoms with Crippen molar-refractivity contribution in [3.05, 3.63) is 12.7 Å². The monoisotopic (exact) mass is 250 g/mol. The number of nitrogens with zero attached hydrogens (tertiary/aromatic N) is 1. The molecule has 96 valence electrons. The molecule has 0 saturated carbocycles. The lowest BCUT2D eigenvalue weighted by Gasteiger charge is -2.14. The van der Waals surface area contributed by atoms with E-state index in [1.165, 1.54) is 4.90 Å². The lowest BCUT2D eigenvalue weighted by molar-refractivity contribution is -0.140. The molecule has 2 amide bonds. The molecule has 7 heteroatoms. The van der Waals surface area contributed by atoms with E-state index in [-0.39, 0.29) is 12.5 Å². The number of hydrogen-bond acceptors (Lipinski definition) is 2. The highest BCUT2D eigenvalue weighted by Crippen LogP contribution is 2.18. The van der Waals surface area contributed by atoms with Gasteiger partial charge in [-0.05, 0) is 12.5 Å². The summed E-state index contributed by atoms with van der Waals surface area (Å²) in [4.78, 5) is 24.0. The van der Waals surface area contributed by atoms with E-state index in [9.17, 15) is 22.8 Å². The van der Waals surface area contributed by atoms with E-state index < -0.39 is 24.5 Å². The minimum Gasteiger partial charge on any atom is -0.347 e. The maximum atomic E-state index is 11.9. The second-order valence-corrected chi connectivity index (χ2v) is 3.81. The molecule has 1 heterocycles. The van der Waals surface area contributed by atoms with Gasteiger partial charge in [0, 0.05) is 13.1 Å². The fourth-order valence-electron chi connectivity index (χ4n) is 1.64. The standard InChI is InChI=1S/C10H13F3N2O2/c1-2-8(16)15-4-3-7(5-15)9(17)14-6-10(11,12)13/h2,7H,1,3-6H2,(H,14,17). The maximum Gasteiger partial charge on any atom is 0.405 e. The van der Waals surface area contributed by atoms with Crippen molar-refractivity contribution in [3.8, 4) is 0 Å². The number of hydrogen-bond donors (Lipinski definition) is 1. The van der Waals surface area contributed by atoms with E-state index in [2.05, 4.69) is 6.58 Å². The van der Waals surface area contributed by atoms with E-state index in [4.69, 9.17) is 0 Å². The Kier molecular flexibility index (Phi) is 4.14. The van der Waals surface area contributed by atoms with Crippen LogP contribution in [-0.2, 0) is 9.59 Å². The Morgan fingerprint density at radius 1 is 1.47 bits per heavy atom. The Bertz CT molecular complexity index is 328. The van der Waals surface area contributed by atoms with Crippen LogP contribution in [0.5, 0.6) is 0 Å². The van der Waals surface area contributed by atoms with Gasteiger partial charge in [0.15, 0.2) is 0 Å². The van der Waals surface area contributed by atoms with Crippen molar-refractivity contribution in [2.45, 2.75) is 12.6 Å². The van der Waals surface area contributed by atoms with Crippen molar-refractivity contribution in [3.63, 3.8) is 0 Å². The van der Waals surface area contributed by atoms with Crippen molar-refractivity contribution >= 4 is 11.8 Å². The fourth-order valence-corrected chi connectivity index (χ4v) is 1.64. The number of carbonyl (C=O) groups is 2. The molecule has 1 saturated heterocycles. The lowest BCUT2D eigenvalue weighted by atomic mass is 10.1. The molecular weight excluding hydrogens is 237 g/mol. The Hall–Kier alpha value is -1.53. The number of carbonyl (C=O) groups excluding carboxylic acids is 2. The van der Waals surface area contributed by atoms with E-state index in [0.29, 0.717) is 13.0 Å². The summed E-state index contributed by atoms with van der Waals surface area (Å²) >= 11 is 0. The van der Waals surface area contributed by atoms with Gasteiger partial charge >= 0.3 is 6.18 Å². The normalized spacial score (nSPS) is 20.2. The van der Waals surface area contributed by atoms with E-state index in [1.54, 1.807) is 0 Å². The molecule has 0 spiro atoms. The quantitative estimate of drug-likeness (QED) is 0.749. The summed E-state index contributed by atoms with van der Waals surface area (Å²) in [5, 5.41) is 1.81. The second-order valence-electron chi connectivity index (χ2n) is 3.81. The Balaban J connectivity index is 2.40. The molecule has 17 heavy (non-hydrogen) atoms. The van der Waals surface area contributed by atoms with Crippen LogP contribution in [0.3, 0.4) is 0 Å². The molecule has 1 N–H and O–H groups in total. The first kappa shape index (κ1) is 13.5. The molecule has 4 nitrogen and oxygen atoms in total. The summed E-state index contributed by atoms with van der Waals surface area (Å²) in [6, 6.07) is 0. The summed E-state index contributed by atoms with van der Waals surface area (Å²) < 4.78 is 35.6. The number of rotatable bonds is 3. The zero-order valence-corrected chi connectivity index (χ0v) is 9.09. The third kappa shape index (κ3) is 4.08. The van der Waals surface area contributed by atoms with Gasteiger partial charge in [0.2, 0.25) is 11.8 Å². The molecule has 0 aromatic carbocycles. The fraction of sp³-hybridized carbons (Fsp3) is 0.600. The van der Waals surface area contributed by atoms with Gasteiger partial charge in [-0.2, -0.15) is 13.2 Å². The first-order valence-corrected chi connectivity index (χ1v) is 5.09. The minimum atomic E-state index is -4.41. The Morgan fingerprint density at radius 2 is 2.12 bits per heavy atom. The topological polar surface area (TPSA) is 49.4 Å². The van der Waals surface area contributed by atoms with Crippen LogP contribution in [0.4, 0.5) is 13.2 Å². The summed E-state index contributed by atoms with van der Waals surface area (Å²) in [6.45, 7) is 2.48. The Morgan fingerprint density at radius 3 is 2.65 bits per heavy atom. The minimum absolute atomic E-state index is 0.147. The molecule has 0 aliphatic carbocycles. The van der Waals surface area contributed by atoms with Crippen LogP contribution in [-0.4, -0.2) is 42.5 Å². The summed E-state index contributed by atoms with van der Waals surface area (Å²) in [6.07, 6.45) is -2.91. The van der Waals surface area contributed by atoms with Gasteiger partial charge in [-0.15, -0.1) is 0 Å². The zero-order valence-electron chi connectivity index (χ0n) is 9.09. The average molecular weight is 250 g/mol. The number of alkyl halides is 3. The molecule has 1 rings (SSSR count). The van der Waals surface area contributed by atoms with Gasteiger partial charge < -0.3 is 10.2 Å². The van der Waals surface area contributed by atoms with Crippen LogP contribution in [0.25, 0.3) is 0 Å². The van der Waals surface area contributed by atoms with Crippen LogP contribution in [0.15, 0.2) is 12.7 Å². The van der Waals surface area contributed by atoms with Gasteiger partial charge in [-0.25, -0.2) is 0 Å². The molecule has 0 radical (unpaired) electrons. The van der Waals surface area contributed by atoms with Gasteiger partial charge in [0.05, 0.1) is 5.92 Å². The zero-order chi connectivity index (χ0) is 13.1. The third-order valence-electron chi connectivity index (χ3n) is 2.51. The van der Waals surface area contributed by atoms with Gasteiger partial charge in [0.1, 0.15) is 6.54 Å². The molecule has 1 aliphatic rings. The average Bonchev–Trinajstić information content (AvgIpc) is 2.73. The van der Waals surface area contributed by atoms with Crippen molar-refractivity contribution < 1.29 is 22.8 Å². The summed E-state index contributed by atoms with van der Waals surface area (Å²) in [5.74, 6) is -1.54. The van der Waals surface area contributed by atoms with Crippen LogP contribution < -0.4 is 5.32 Å². The smallest absolute Gasteiger partial charge is 0.347 e. The predicted octanol–water partition coefficient (Wildman–Crippen LogP) is 0.699. The molecule has 1 aliphatic heterocycles. The Labute approximate surface area is 96.5 Å². The number of amides is 2. The van der Waals surface area contributed by atoms with Gasteiger partial charge in [-0.1, -0.05) is 6.58 Å². The highest BCUT2D eigenvalue weighted by molar-refractivity contribution is 5.88. The highest BCUT2D eigenvalue weighted by Gasteiger charge is 2.33. The van der Waals surface area contributed by atoms with Crippen LogP contribution in [0.1, 0.15) is 6.42 Å². The molecule has 1 unspecified atom stereocenters. The van der Waals surface area contributed by atoms with Gasteiger partial charge in [-0.3, -0.25) is 9.59 Å². The first-order chi connectivity index (χ1) is 7.83. The molecule has 0 bridgehead atoms. The van der Waals surface area contributed by atoms with Crippen molar-refractivity contribution in [2.75, 3.05) is 19.6 Å². The predicted molar refractivity (Wildman–Crippen MR) is 53.9 cm³/mol. The first-order valence-electron chi connectivity index (χ1n) is 5.09. The van der Waals surface area contributed by atoms with E-state index in [1.807, 2.05) is 5.32 Å². The third-order valence-corrected chi connectivity index (χ3v) is 2.51. The van der Waals surface area contributed by atoms with Gasteiger partial charge in [0.25, 0.3) is 0 Å². The molecule has 1 fully saturated rings. The number of halogens is 3. The van der Waals surface area contributed by atoms with Crippen molar-refractivity contribution in [1.82, 2.24) is 10.2 Å². The summed E-state index contributed by atoms with van der Waals surface area (Å²) in [5.41, 5.74) is 0. The van der Waals surface area contributed by atoms with Crippen LogP contribution >= 0.6 is 0 Å². The van der Waals surface area contributed by atoms with Crippen molar-refractivity contribution in [2.24, 2.45) is 5.92 Å². The van der Waals surface area contributed by atoms with Crippen molar-refractivity contribution in [1.29, 1.82) is 0 Å². The lowest BCUT2D eigenvalue weighted by Crippen LogP contribution is -2.39. The number of nitrogens with one attached hydrogen (secondary N) is 1. The highest BCUT2D eigenvalue weighted by atomic mass is 19.4. The largest absolute Gasteiger partial charge is 0.405 e. The number of likely N-dealkylation sites (tertiary alicyclic amines) is 1. The SMILES string of the molecule is C=CC(=O)N1CCC(C(=O)NCC(F)(F)F)C1. The van der Waals surface area contributed by atoms with Crippen LogP contribution in [0, 0.1) is 5.92 Å². The van der Waals surface area contributed by atoms with E-state index in [0.717, 1.165) is 6.08 Å².